The predicted molar refractivity (Wildman–Crippen MR) is 89.1 cm³/mol. The number of hydrogen-bond acceptors (Lipinski definition) is 1. The zero-order chi connectivity index (χ0) is 15.3. The number of fused-ring (bicyclic) bond motifs is 1. The Kier molecular flexibility index (Phi) is 3.23. The Morgan fingerprint density at radius 3 is 2.77 bits per heavy atom. The molecule has 1 heterocycles. The van der Waals surface area contributed by atoms with Crippen molar-refractivity contribution in [3.8, 4) is 0 Å². The normalized spacial score (nSPS) is 27.3. The summed E-state index contributed by atoms with van der Waals surface area (Å²) in [5.74, 6) is 1.29. The summed E-state index contributed by atoms with van der Waals surface area (Å²) < 4.78 is 0. The summed E-state index contributed by atoms with van der Waals surface area (Å²) in [6, 6.07) is 5.87. The first-order chi connectivity index (χ1) is 10.6. The highest BCUT2D eigenvalue weighted by Gasteiger charge is 2.56. The molecule has 4 heteroatoms. The van der Waals surface area contributed by atoms with Gasteiger partial charge in [-0.25, -0.2) is 4.79 Å². The molecule has 1 unspecified atom stereocenters. The molecule has 116 valence electrons. The molecule has 1 aliphatic heterocycles. The largest absolute Gasteiger partial charge is 0.322 e. The van der Waals surface area contributed by atoms with Gasteiger partial charge in [-0.15, -0.1) is 6.58 Å². The number of benzene rings is 1. The first-order valence-electron chi connectivity index (χ1n) is 8.14. The summed E-state index contributed by atoms with van der Waals surface area (Å²) >= 11 is 6.29. The third-order valence-corrected chi connectivity index (χ3v) is 5.51. The Labute approximate surface area is 136 Å². The van der Waals surface area contributed by atoms with E-state index in [-0.39, 0.29) is 11.6 Å². The van der Waals surface area contributed by atoms with E-state index >= 15 is 0 Å². The van der Waals surface area contributed by atoms with Gasteiger partial charge >= 0.3 is 6.03 Å². The maximum atomic E-state index is 12.7. The Morgan fingerprint density at radius 1 is 1.36 bits per heavy atom. The first-order valence-corrected chi connectivity index (χ1v) is 8.52. The lowest BCUT2D eigenvalue weighted by Crippen LogP contribution is -2.56. The number of nitrogens with zero attached hydrogens (tertiary/aromatic N) is 1. The van der Waals surface area contributed by atoms with Crippen molar-refractivity contribution in [1.29, 1.82) is 0 Å². The average molecular weight is 317 g/mol. The lowest BCUT2D eigenvalue weighted by Gasteiger charge is -2.49. The van der Waals surface area contributed by atoms with E-state index in [4.69, 9.17) is 11.6 Å². The molecule has 0 radical (unpaired) electrons. The molecule has 1 N–H and O–H groups in total. The zero-order valence-electron chi connectivity index (χ0n) is 12.6. The van der Waals surface area contributed by atoms with Crippen LogP contribution in [0.1, 0.15) is 37.7 Å². The number of nitrogens with one attached hydrogen (secondary N) is 1. The highest BCUT2D eigenvalue weighted by Crippen LogP contribution is 2.58. The Balaban J connectivity index is 1.89. The minimum atomic E-state index is -0.197. The predicted octanol–water partition coefficient (Wildman–Crippen LogP) is 4.78. The van der Waals surface area contributed by atoms with Crippen LogP contribution in [0.3, 0.4) is 0 Å². The molecule has 0 bridgehead atoms. The first kappa shape index (κ1) is 14.1. The summed E-state index contributed by atoms with van der Waals surface area (Å²) in [7, 11) is 0. The SMILES string of the molecule is C=CCN1C(=O)Nc2ccc(Cl)cc2C1(CC1CC1)C1CC1. The topological polar surface area (TPSA) is 32.3 Å². The summed E-state index contributed by atoms with van der Waals surface area (Å²) in [5, 5.41) is 3.78. The van der Waals surface area contributed by atoms with Crippen LogP contribution in [0.15, 0.2) is 30.9 Å². The van der Waals surface area contributed by atoms with Gasteiger partial charge in [0.1, 0.15) is 0 Å². The van der Waals surface area contributed by atoms with Crippen LogP contribution in [0.4, 0.5) is 10.5 Å². The molecule has 2 amide bonds. The second-order valence-electron chi connectivity index (χ2n) is 6.87. The van der Waals surface area contributed by atoms with Gasteiger partial charge in [0.05, 0.1) is 5.54 Å². The van der Waals surface area contributed by atoms with Crippen molar-refractivity contribution in [1.82, 2.24) is 4.90 Å². The molecule has 3 aliphatic rings. The number of amides is 2. The fraction of sp³-hybridized carbons (Fsp3) is 0.500. The number of urea groups is 1. The van der Waals surface area contributed by atoms with Crippen molar-refractivity contribution < 1.29 is 4.79 Å². The third kappa shape index (κ3) is 2.14. The summed E-state index contributed by atoms with van der Waals surface area (Å²) in [6.07, 6.45) is 7.85. The van der Waals surface area contributed by atoms with Crippen LogP contribution >= 0.6 is 11.6 Å². The monoisotopic (exact) mass is 316 g/mol. The third-order valence-electron chi connectivity index (χ3n) is 5.28. The Morgan fingerprint density at radius 2 is 2.14 bits per heavy atom. The van der Waals surface area contributed by atoms with Gasteiger partial charge in [0.2, 0.25) is 0 Å². The summed E-state index contributed by atoms with van der Waals surface area (Å²) in [4.78, 5) is 14.7. The maximum absolute atomic E-state index is 12.7. The van der Waals surface area contributed by atoms with Crippen LogP contribution in [-0.4, -0.2) is 17.5 Å². The van der Waals surface area contributed by atoms with Gasteiger partial charge in [-0.1, -0.05) is 30.5 Å². The molecule has 1 aromatic carbocycles. The Hall–Kier alpha value is -1.48. The molecule has 0 aromatic heterocycles. The second-order valence-corrected chi connectivity index (χ2v) is 7.30. The van der Waals surface area contributed by atoms with E-state index in [2.05, 4.69) is 18.0 Å². The maximum Gasteiger partial charge on any atom is 0.322 e. The van der Waals surface area contributed by atoms with Gasteiger partial charge in [0, 0.05) is 22.8 Å². The molecule has 2 aliphatic carbocycles. The second kappa shape index (κ2) is 5.02. The average Bonchev–Trinajstić information content (AvgIpc) is 3.36. The molecular weight excluding hydrogens is 296 g/mol. The van der Waals surface area contributed by atoms with E-state index in [1.807, 2.05) is 23.1 Å². The van der Waals surface area contributed by atoms with E-state index < -0.39 is 0 Å². The Bertz CT molecular complexity index is 636. The van der Waals surface area contributed by atoms with Crippen molar-refractivity contribution in [3.63, 3.8) is 0 Å². The summed E-state index contributed by atoms with van der Waals surface area (Å²) in [6.45, 7) is 4.44. The van der Waals surface area contributed by atoms with Crippen LogP contribution in [0.2, 0.25) is 5.02 Å². The number of carbonyl (C=O) groups excluding carboxylic acids is 1. The number of rotatable bonds is 5. The minimum absolute atomic E-state index is 0.00210. The van der Waals surface area contributed by atoms with E-state index in [0.717, 1.165) is 23.0 Å². The van der Waals surface area contributed by atoms with Gasteiger partial charge < -0.3 is 10.2 Å². The number of carbonyl (C=O) groups is 1. The molecular formula is C18H21ClN2O. The lowest BCUT2D eigenvalue weighted by molar-refractivity contribution is 0.0906. The fourth-order valence-corrected chi connectivity index (χ4v) is 4.19. The van der Waals surface area contributed by atoms with Gasteiger partial charge in [0.15, 0.2) is 0 Å². The summed E-state index contributed by atoms with van der Waals surface area (Å²) in [5.41, 5.74) is 1.94. The number of hydrogen-bond donors (Lipinski definition) is 1. The number of halogens is 1. The van der Waals surface area contributed by atoms with Crippen molar-refractivity contribution >= 4 is 23.3 Å². The van der Waals surface area contributed by atoms with Crippen molar-refractivity contribution in [2.24, 2.45) is 11.8 Å². The molecule has 0 saturated heterocycles. The minimum Gasteiger partial charge on any atom is -0.311 e. The fourth-order valence-electron chi connectivity index (χ4n) is 4.02. The van der Waals surface area contributed by atoms with Crippen LogP contribution in [0.5, 0.6) is 0 Å². The molecule has 2 saturated carbocycles. The van der Waals surface area contributed by atoms with Crippen molar-refractivity contribution in [2.75, 3.05) is 11.9 Å². The quantitative estimate of drug-likeness (QED) is 0.779. The molecule has 1 atom stereocenters. The van der Waals surface area contributed by atoms with E-state index in [1.165, 1.54) is 31.2 Å². The highest BCUT2D eigenvalue weighted by atomic mass is 35.5. The molecule has 1 aromatic rings. The zero-order valence-corrected chi connectivity index (χ0v) is 13.4. The van der Waals surface area contributed by atoms with E-state index in [0.29, 0.717) is 12.5 Å². The van der Waals surface area contributed by atoms with E-state index in [1.54, 1.807) is 0 Å². The van der Waals surface area contributed by atoms with Gasteiger partial charge in [-0.05, 0) is 49.3 Å². The van der Waals surface area contributed by atoms with Gasteiger partial charge in [-0.2, -0.15) is 0 Å². The smallest absolute Gasteiger partial charge is 0.311 e. The van der Waals surface area contributed by atoms with Crippen molar-refractivity contribution in [3.05, 3.63) is 41.4 Å². The van der Waals surface area contributed by atoms with Crippen LogP contribution in [0.25, 0.3) is 0 Å². The van der Waals surface area contributed by atoms with Gasteiger partial charge in [0.25, 0.3) is 0 Å². The molecule has 2 fully saturated rings. The molecule has 4 rings (SSSR count). The van der Waals surface area contributed by atoms with Crippen LogP contribution in [0, 0.1) is 11.8 Å². The van der Waals surface area contributed by atoms with Crippen LogP contribution < -0.4 is 5.32 Å². The van der Waals surface area contributed by atoms with E-state index in [9.17, 15) is 4.79 Å². The standard InChI is InChI=1S/C18H21ClN2O/c1-2-9-21-17(22)20-16-8-7-14(19)10-15(16)18(21,13-5-6-13)11-12-3-4-12/h2,7-8,10,12-13H,1,3-6,9,11H2,(H,20,22). The lowest BCUT2D eigenvalue weighted by atomic mass is 9.76. The number of anilines is 1. The molecule has 0 spiro atoms. The van der Waals surface area contributed by atoms with Crippen LogP contribution in [-0.2, 0) is 5.54 Å². The highest BCUT2D eigenvalue weighted by molar-refractivity contribution is 6.30. The molecule has 22 heavy (non-hydrogen) atoms. The van der Waals surface area contributed by atoms with Gasteiger partial charge in [-0.3, -0.25) is 0 Å². The molecule has 3 nitrogen and oxygen atoms in total. The van der Waals surface area contributed by atoms with Crippen molar-refractivity contribution in [2.45, 2.75) is 37.6 Å².